The smallest absolute Gasteiger partial charge is 0.0897 e. The molecule has 0 bridgehead atoms. The lowest BCUT2D eigenvalue weighted by atomic mass is 10.2. The highest BCUT2D eigenvalue weighted by Gasteiger charge is 2.07. The van der Waals surface area contributed by atoms with Crippen LogP contribution in [0, 0.1) is 6.92 Å². The Hall–Kier alpha value is -0.420. The van der Waals surface area contributed by atoms with Crippen molar-refractivity contribution < 1.29 is 10.2 Å². The summed E-state index contributed by atoms with van der Waals surface area (Å²) in [5, 5.41) is 20.1. The molecule has 3 nitrogen and oxygen atoms in total. The van der Waals surface area contributed by atoms with Gasteiger partial charge in [0.1, 0.15) is 0 Å². The maximum absolute atomic E-state index is 9.25. The van der Waals surface area contributed by atoms with Crippen LogP contribution in [0.3, 0.4) is 0 Å². The lowest BCUT2D eigenvalue weighted by Gasteiger charge is -2.18. The number of hydrogen-bond donors (Lipinski definition) is 2. The Balaban J connectivity index is 2.28. The first-order valence-corrected chi connectivity index (χ1v) is 6.02. The molecule has 1 aromatic heterocycles. The Bertz CT molecular complexity index is 288. The van der Waals surface area contributed by atoms with E-state index in [-0.39, 0.29) is 6.61 Å². The van der Waals surface area contributed by atoms with Gasteiger partial charge in [0.2, 0.25) is 0 Å². The summed E-state index contributed by atoms with van der Waals surface area (Å²) in [7, 11) is 1.96. The number of aliphatic hydroxyl groups excluding tert-OH is 2. The van der Waals surface area contributed by atoms with Crippen LogP contribution in [0.5, 0.6) is 0 Å². The largest absolute Gasteiger partial charge is 0.394 e. The molecule has 0 saturated heterocycles. The summed E-state index contributed by atoms with van der Waals surface area (Å²) in [5.41, 5.74) is 1.34. The van der Waals surface area contributed by atoms with Gasteiger partial charge >= 0.3 is 0 Å². The van der Waals surface area contributed by atoms with Crippen molar-refractivity contribution in [3.63, 3.8) is 0 Å². The molecule has 1 heterocycles. The van der Waals surface area contributed by atoms with Crippen LogP contribution in [0.15, 0.2) is 11.4 Å². The van der Waals surface area contributed by atoms with Crippen LogP contribution in [-0.2, 0) is 6.42 Å². The van der Waals surface area contributed by atoms with Crippen LogP contribution in [0.1, 0.15) is 10.4 Å². The van der Waals surface area contributed by atoms with Gasteiger partial charge in [-0.3, -0.25) is 0 Å². The predicted molar refractivity (Wildman–Crippen MR) is 63.3 cm³/mol. The van der Waals surface area contributed by atoms with Gasteiger partial charge < -0.3 is 15.1 Å². The minimum absolute atomic E-state index is 0.164. The average molecular weight is 229 g/mol. The number of rotatable bonds is 6. The summed E-state index contributed by atoms with van der Waals surface area (Å²) in [4.78, 5) is 3.44. The molecule has 1 aromatic rings. The summed E-state index contributed by atoms with van der Waals surface area (Å²) >= 11 is 1.78. The minimum atomic E-state index is -0.626. The van der Waals surface area contributed by atoms with Gasteiger partial charge in [0.15, 0.2) is 0 Å². The highest BCUT2D eigenvalue weighted by molar-refractivity contribution is 7.10. The van der Waals surface area contributed by atoms with Crippen LogP contribution >= 0.6 is 11.3 Å². The molecule has 1 atom stereocenters. The molecule has 1 rings (SSSR count). The van der Waals surface area contributed by atoms with Crippen molar-refractivity contribution >= 4 is 11.3 Å². The van der Waals surface area contributed by atoms with E-state index in [2.05, 4.69) is 18.4 Å². The molecule has 1 unspecified atom stereocenters. The lowest BCUT2D eigenvalue weighted by Crippen LogP contribution is -2.32. The third kappa shape index (κ3) is 4.30. The molecule has 0 aliphatic rings. The van der Waals surface area contributed by atoms with E-state index in [9.17, 15) is 5.11 Å². The van der Waals surface area contributed by atoms with Gasteiger partial charge in [0, 0.05) is 18.0 Å². The zero-order valence-electron chi connectivity index (χ0n) is 9.31. The maximum Gasteiger partial charge on any atom is 0.0897 e. The van der Waals surface area contributed by atoms with Crippen molar-refractivity contribution in [3.8, 4) is 0 Å². The van der Waals surface area contributed by atoms with E-state index in [4.69, 9.17) is 5.11 Å². The molecule has 0 spiro atoms. The summed E-state index contributed by atoms with van der Waals surface area (Å²) in [6.07, 6.45) is 0.387. The van der Waals surface area contributed by atoms with Crippen LogP contribution < -0.4 is 0 Å². The zero-order chi connectivity index (χ0) is 11.3. The number of aryl methyl sites for hydroxylation is 1. The molecule has 2 N–H and O–H groups in total. The van der Waals surface area contributed by atoms with Gasteiger partial charge in [0.05, 0.1) is 12.7 Å². The second-order valence-electron chi connectivity index (χ2n) is 3.88. The molecule has 0 amide bonds. The fourth-order valence-electron chi connectivity index (χ4n) is 1.46. The number of likely N-dealkylation sites (N-methyl/N-ethyl adjacent to an activating group) is 1. The third-order valence-electron chi connectivity index (χ3n) is 2.42. The Morgan fingerprint density at radius 3 is 2.80 bits per heavy atom. The lowest BCUT2D eigenvalue weighted by molar-refractivity contribution is 0.0670. The molecule has 0 saturated carbocycles. The molecule has 0 fully saturated rings. The van der Waals surface area contributed by atoms with Gasteiger partial charge in [-0.05, 0) is 37.4 Å². The molecule has 15 heavy (non-hydrogen) atoms. The highest BCUT2D eigenvalue weighted by atomic mass is 32.1. The monoisotopic (exact) mass is 229 g/mol. The van der Waals surface area contributed by atoms with Crippen molar-refractivity contribution in [2.45, 2.75) is 19.4 Å². The molecule has 86 valence electrons. The molecule has 4 heteroatoms. The average Bonchev–Trinajstić information content (AvgIpc) is 2.61. The first kappa shape index (κ1) is 12.6. The second-order valence-corrected chi connectivity index (χ2v) is 4.88. The van der Waals surface area contributed by atoms with Gasteiger partial charge in [-0.25, -0.2) is 0 Å². The van der Waals surface area contributed by atoms with E-state index in [1.807, 2.05) is 11.9 Å². The number of nitrogens with zero attached hydrogens (tertiary/aromatic N) is 1. The zero-order valence-corrected chi connectivity index (χ0v) is 10.1. The Kier molecular flexibility index (Phi) is 5.25. The van der Waals surface area contributed by atoms with Gasteiger partial charge in [0.25, 0.3) is 0 Å². The quantitative estimate of drug-likeness (QED) is 0.761. The minimum Gasteiger partial charge on any atom is -0.394 e. The van der Waals surface area contributed by atoms with E-state index < -0.39 is 6.10 Å². The highest BCUT2D eigenvalue weighted by Crippen LogP contribution is 2.16. The van der Waals surface area contributed by atoms with Crippen LogP contribution in [0.25, 0.3) is 0 Å². The topological polar surface area (TPSA) is 43.7 Å². The van der Waals surface area contributed by atoms with E-state index >= 15 is 0 Å². The van der Waals surface area contributed by atoms with Crippen molar-refractivity contribution in [2.24, 2.45) is 0 Å². The van der Waals surface area contributed by atoms with Gasteiger partial charge in [-0.1, -0.05) is 0 Å². The summed E-state index contributed by atoms with van der Waals surface area (Å²) < 4.78 is 0. The molecule has 0 radical (unpaired) electrons. The second kappa shape index (κ2) is 6.23. The van der Waals surface area contributed by atoms with E-state index in [0.717, 1.165) is 13.0 Å². The van der Waals surface area contributed by atoms with E-state index in [0.29, 0.717) is 6.54 Å². The summed E-state index contributed by atoms with van der Waals surface area (Å²) in [5.74, 6) is 0. The summed E-state index contributed by atoms with van der Waals surface area (Å²) in [6, 6.07) is 2.13. The Labute approximate surface area is 95.0 Å². The molecule has 0 aliphatic carbocycles. The fraction of sp³-hybridized carbons (Fsp3) is 0.636. The van der Waals surface area contributed by atoms with E-state index in [1.165, 1.54) is 10.4 Å². The Morgan fingerprint density at radius 2 is 2.27 bits per heavy atom. The molecular formula is C11H19NO2S. The van der Waals surface area contributed by atoms with Crippen LogP contribution in [0.2, 0.25) is 0 Å². The SMILES string of the molecule is Cc1ccsc1CCN(C)CC(O)CO. The number of hydrogen-bond acceptors (Lipinski definition) is 4. The first-order chi connectivity index (χ1) is 7.13. The number of thiophene rings is 1. The van der Waals surface area contributed by atoms with Crippen LogP contribution in [0.4, 0.5) is 0 Å². The maximum atomic E-state index is 9.25. The van der Waals surface area contributed by atoms with Crippen molar-refractivity contribution in [2.75, 3.05) is 26.7 Å². The molecule has 0 aliphatic heterocycles. The molecule has 0 aromatic carbocycles. The van der Waals surface area contributed by atoms with Crippen LogP contribution in [-0.4, -0.2) is 48.0 Å². The third-order valence-corrected chi connectivity index (χ3v) is 3.50. The fourth-order valence-corrected chi connectivity index (χ4v) is 2.36. The normalized spacial score (nSPS) is 13.4. The Morgan fingerprint density at radius 1 is 1.53 bits per heavy atom. The van der Waals surface area contributed by atoms with Crippen molar-refractivity contribution in [1.29, 1.82) is 0 Å². The molecular weight excluding hydrogens is 210 g/mol. The van der Waals surface area contributed by atoms with E-state index in [1.54, 1.807) is 11.3 Å². The standard InChI is InChI=1S/C11H19NO2S/c1-9-4-6-15-11(9)3-5-12(2)7-10(14)8-13/h4,6,10,13-14H,3,5,7-8H2,1-2H3. The van der Waals surface area contributed by atoms with Gasteiger partial charge in [-0.15, -0.1) is 11.3 Å². The predicted octanol–water partition coefficient (Wildman–Crippen LogP) is 0.884. The van der Waals surface area contributed by atoms with Crippen molar-refractivity contribution in [1.82, 2.24) is 4.90 Å². The summed E-state index contributed by atoms with van der Waals surface area (Å²) in [6.45, 7) is 3.40. The van der Waals surface area contributed by atoms with Gasteiger partial charge in [-0.2, -0.15) is 0 Å². The van der Waals surface area contributed by atoms with Crippen molar-refractivity contribution in [3.05, 3.63) is 21.9 Å². The number of aliphatic hydroxyl groups is 2. The first-order valence-electron chi connectivity index (χ1n) is 5.14.